The van der Waals surface area contributed by atoms with Gasteiger partial charge in [-0.25, -0.2) is 8.42 Å². The van der Waals surface area contributed by atoms with Gasteiger partial charge < -0.3 is 9.88 Å². The highest BCUT2D eigenvalue weighted by Gasteiger charge is 2.26. The average Bonchev–Trinajstić information content (AvgIpc) is 3.03. The maximum absolute atomic E-state index is 13.2. The fraction of sp³-hybridized carbons (Fsp3) is 0.263. The normalized spacial score (nSPS) is 16.4. The van der Waals surface area contributed by atoms with E-state index in [1.54, 1.807) is 24.4 Å². The van der Waals surface area contributed by atoms with E-state index in [1.165, 1.54) is 6.07 Å². The number of halogens is 1. The molecule has 130 valence electrons. The molecule has 0 saturated carbocycles. The van der Waals surface area contributed by atoms with Gasteiger partial charge in [0.2, 0.25) is 9.84 Å². The van der Waals surface area contributed by atoms with Gasteiger partial charge in [0.15, 0.2) is 0 Å². The zero-order valence-corrected chi connectivity index (χ0v) is 15.2. The van der Waals surface area contributed by atoms with E-state index >= 15 is 0 Å². The van der Waals surface area contributed by atoms with Crippen molar-refractivity contribution in [3.8, 4) is 0 Å². The Hall–Kier alpha value is -1.82. The minimum Gasteiger partial charge on any atom is -0.343 e. The van der Waals surface area contributed by atoms with Gasteiger partial charge in [-0.05, 0) is 50.2 Å². The Kier molecular flexibility index (Phi) is 4.31. The van der Waals surface area contributed by atoms with Gasteiger partial charge in [-0.2, -0.15) is 0 Å². The molecule has 1 N–H and O–H groups in total. The Morgan fingerprint density at radius 1 is 1.04 bits per heavy atom. The van der Waals surface area contributed by atoms with Crippen LogP contribution in [0.25, 0.3) is 10.9 Å². The molecular weight excluding hydrogens is 356 g/mol. The third-order valence-electron chi connectivity index (χ3n) is 4.80. The largest absolute Gasteiger partial charge is 0.343 e. The van der Waals surface area contributed by atoms with E-state index in [0.717, 1.165) is 36.8 Å². The average molecular weight is 375 g/mol. The fourth-order valence-electron chi connectivity index (χ4n) is 3.53. The van der Waals surface area contributed by atoms with E-state index in [2.05, 4.69) is 9.88 Å². The summed E-state index contributed by atoms with van der Waals surface area (Å²) in [5.74, 6) is 0. The second-order valence-electron chi connectivity index (χ2n) is 6.36. The van der Waals surface area contributed by atoms with E-state index in [9.17, 15) is 8.42 Å². The first-order chi connectivity index (χ1) is 12.1. The number of para-hydroxylation sites is 1. The zero-order valence-electron chi connectivity index (χ0n) is 13.7. The lowest BCUT2D eigenvalue weighted by Crippen LogP contribution is -2.29. The molecule has 1 fully saturated rings. The number of nitrogens with one attached hydrogen (secondary N) is 1. The second kappa shape index (κ2) is 6.48. The predicted molar refractivity (Wildman–Crippen MR) is 100.0 cm³/mol. The monoisotopic (exact) mass is 374 g/mol. The minimum absolute atomic E-state index is 0.230. The van der Waals surface area contributed by atoms with E-state index in [-0.39, 0.29) is 4.90 Å². The molecule has 2 aromatic carbocycles. The molecule has 25 heavy (non-hydrogen) atoms. The number of hydrogen-bond acceptors (Lipinski definition) is 3. The first-order valence-corrected chi connectivity index (χ1v) is 10.2. The Bertz CT molecular complexity index is 1020. The summed E-state index contributed by atoms with van der Waals surface area (Å²) in [6, 6.07) is 14.5. The van der Waals surface area contributed by atoms with Crippen LogP contribution in [0.5, 0.6) is 0 Å². The first-order valence-electron chi connectivity index (χ1n) is 8.38. The van der Waals surface area contributed by atoms with Crippen molar-refractivity contribution in [1.29, 1.82) is 0 Å². The number of piperidine rings is 1. The summed E-state index contributed by atoms with van der Waals surface area (Å²) in [4.78, 5) is 0.581. The topological polar surface area (TPSA) is 51.1 Å². The highest BCUT2D eigenvalue weighted by molar-refractivity contribution is 7.91. The lowest BCUT2D eigenvalue weighted by atomic mass is 10.1. The number of rotatable bonds is 3. The molecule has 0 amide bonds. The molecule has 2 heterocycles. The molecule has 1 aliphatic rings. The molecule has 0 radical (unpaired) electrons. The number of benzene rings is 2. The molecule has 4 rings (SSSR count). The van der Waals surface area contributed by atoms with Gasteiger partial charge in [-0.1, -0.05) is 35.9 Å². The summed E-state index contributed by atoms with van der Waals surface area (Å²) in [6.45, 7) is 1.90. The highest BCUT2D eigenvalue weighted by Crippen LogP contribution is 2.34. The van der Waals surface area contributed by atoms with Crippen LogP contribution in [-0.4, -0.2) is 26.1 Å². The Labute approximate surface area is 152 Å². The van der Waals surface area contributed by atoms with Crippen LogP contribution in [-0.2, 0) is 9.84 Å². The molecule has 0 atom stereocenters. The first kappa shape index (κ1) is 16.6. The van der Waals surface area contributed by atoms with Crippen molar-refractivity contribution in [3.05, 3.63) is 59.8 Å². The lowest BCUT2D eigenvalue weighted by Gasteiger charge is -2.25. The van der Waals surface area contributed by atoms with Crippen molar-refractivity contribution in [1.82, 2.24) is 9.88 Å². The van der Waals surface area contributed by atoms with Gasteiger partial charge in [-0.15, -0.1) is 0 Å². The van der Waals surface area contributed by atoms with Crippen molar-refractivity contribution in [3.63, 3.8) is 0 Å². The Morgan fingerprint density at radius 2 is 1.80 bits per heavy atom. The van der Waals surface area contributed by atoms with Gasteiger partial charge in [-0.3, -0.25) is 0 Å². The van der Waals surface area contributed by atoms with Gasteiger partial charge in [0.25, 0.3) is 0 Å². The van der Waals surface area contributed by atoms with Crippen LogP contribution in [0.4, 0.5) is 0 Å². The molecule has 4 nitrogen and oxygen atoms in total. The summed E-state index contributed by atoms with van der Waals surface area (Å²) < 4.78 is 28.6. The summed E-state index contributed by atoms with van der Waals surface area (Å²) in [5, 5.41) is 4.54. The van der Waals surface area contributed by atoms with Gasteiger partial charge in [0, 0.05) is 28.2 Å². The van der Waals surface area contributed by atoms with Crippen LogP contribution >= 0.6 is 11.6 Å². The van der Waals surface area contributed by atoms with Crippen molar-refractivity contribution >= 4 is 32.3 Å². The number of sulfone groups is 1. The molecule has 3 aromatic rings. The quantitative estimate of drug-likeness (QED) is 0.752. The number of fused-ring (bicyclic) bond motifs is 1. The fourth-order valence-corrected chi connectivity index (χ4v) is 5.30. The third kappa shape index (κ3) is 2.97. The van der Waals surface area contributed by atoms with Crippen LogP contribution < -0.4 is 5.32 Å². The standard InChI is InChI=1S/C19H19ClN2O2S/c20-14-4-3-5-16(12-14)25(23,24)19-13-22(15-8-10-21-11-9-15)18-7-2-1-6-17(18)19/h1-7,12-13,15,21H,8-11H2. The maximum atomic E-state index is 13.2. The lowest BCUT2D eigenvalue weighted by molar-refractivity contribution is 0.375. The van der Waals surface area contributed by atoms with E-state index < -0.39 is 9.84 Å². The van der Waals surface area contributed by atoms with Crippen molar-refractivity contribution in [2.75, 3.05) is 13.1 Å². The molecule has 1 aliphatic heterocycles. The summed E-state index contributed by atoms with van der Waals surface area (Å²) in [7, 11) is -3.63. The van der Waals surface area contributed by atoms with E-state index in [1.807, 2.05) is 24.3 Å². The molecular formula is C19H19ClN2O2S. The summed E-state index contributed by atoms with van der Waals surface area (Å²) in [6.07, 6.45) is 3.79. The number of hydrogen-bond donors (Lipinski definition) is 1. The number of nitrogens with zero attached hydrogens (tertiary/aromatic N) is 1. The number of aromatic nitrogens is 1. The molecule has 1 saturated heterocycles. The smallest absolute Gasteiger partial charge is 0.208 e. The van der Waals surface area contributed by atoms with Crippen LogP contribution in [0.3, 0.4) is 0 Å². The third-order valence-corrected chi connectivity index (χ3v) is 6.82. The molecule has 0 unspecified atom stereocenters. The van der Waals surface area contributed by atoms with Crippen LogP contribution in [0.1, 0.15) is 18.9 Å². The molecule has 1 aromatic heterocycles. The Morgan fingerprint density at radius 3 is 2.56 bits per heavy atom. The van der Waals surface area contributed by atoms with Gasteiger partial charge in [0.1, 0.15) is 0 Å². The molecule has 0 aliphatic carbocycles. The van der Waals surface area contributed by atoms with Crippen LogP contribution in [0, 0.1) is 0 Å². The summed E-state index contributed by atoms with van der Waals surface area (Å²) >= 11 is 6.01. The molecule has 0 bridgehead atoms. The predicted octanol–water partition coefficient (Wildman–Crippen LogP) is 4.05. The molecule has 6 heteroatoms. The maximum Gasteiger partial charge on any atom is 0.208 e. The van der Waals surface area contributed by atoms with E-state index in [0.29, 0.717) is 16.0 Å². The van der Waals surface area contributed by atoms with Gasteiger partial charge in [0.05, 0.1) is 9.79 Å². The minimum atomic E-state index is -3.63. The summed E-state index contributed by atoms with van der Waals surface area (Å²) in [5.41, 5.74) is 0.968. The zero-order chi connectivity index (χ0) is 17.4. The molecule has 0 spiro atoms. The van der Waals surface area contributed by atoms with Crippen LogP contribution in [0.2, 0.25) is 5.02 Å². The van der Waals surface area contributed by atoms with Crippen molar-refractivity contribution < 1.29 is 8.42 Å². The van der Waals surface area contributed by atoms with Crippen LogP contribution in [0.15, 0.2) is 64.5 Å². The van der Waals surface area contributed by atoms with Crippen molar-refractivity contribution in [2.45, 2.75) is 28.7 Å². The highest BCUT2D eigenvalue weighted by atomic mass is 35.5. The van der Waals surface area contributed by atoms with E-state index in [4.69, 9.17) is 11.6 Å². The Balaban J connectivity index is 1.90. The van der Waals surface area contributed by atoms with Gasteiger partial charge >= 0.3 is 0 Å². The second-order valence-corrected chi connectivity index (χ2v) is 8.71. The SMILES string of the molecule is O=S(=O)(c1cccc(Cl)c1)c1cn(C2CCNCC2)c2ccccc12. The van der Waals surface area contributed by atoms with Crippen molar-refractivity contribution in [2.24, 2.45) is 0 Å².